The quantitative estimate of drug-likeness (QED) is 0.162. The molecule has 1 aromatic rings. The fraction of sp³-hybridized carbons (Fsp3) is 0.520. The summed E-state index contributed by atoms with van der Waals surface area (Å²) in [5.74, 6) is 0. The molecule has 0 aliphatic carbocycles. The van der Waals surface area contributed by atoms with Gasteiger partial charge in [0.15, 0.2) is 0 Å². The van der Waals surface area contributed by atoms with Gasteiger partial charge in [-0.25, -0.2) is 0 Å². The predicted molar refractivity (Wildman–Crippen MR) is 126 cm³/mol. The molecule has 1 aromatic carbocycles. The second-order valence-electron chi connectivity index (χ2n) is 8.64. The first-order chi connectivity index (χ1) is 14.9. The lowest BCUT2D eigenvalue weighted by atomic mass is 9.82. The Labute approximate surface area is 201 Å². The van der Waals surface area contributed by atoms with Crippen LogP contribution >= 0.6 is 15.9 Å². The summed E-state index contributed by atoms with van der Waals surface area (Å²) < 4.78 is 83.8. The van der Waals surface area contributed by atoms with Gasteiger partial charge < -0.3 is 4.74 Å². The summed E-state index contributed by atoms with van der Waals surface area (Å²) in [7, 11) is 0. The number of hydrogen-bond donors (Lipinski definition) is 0. The standard InChI is InChI=1S/C21H26F6O.C4H7Br/c1-6-8-19(5,9-7-14(2)3)13-28-15(4)16-10-17(20(22,23)24)12-18(11-16)21(25,26)27;1-4(2)3-5/h6,10-12,15H,1-2,7-9,13H2,3-5H3;1,3H2,2H3/t15-,19+;/m1./s1. The fourth-order valence-electron chi connectivity index (χ4n) is 2.73. The Hall–Kier alpha value is -1.54. The zero-order valence-corrected chi connectivity index (χ0v) is 21.2. The number of rotatable bonds is 10. The van der Waals surface area contributed by atoms with Gasteiger partial charge in [-0.05, 0) is 69.2 Å². The zero-order valence-electron chi connectivity index (χ0n) is 19.6. The van der Waals surface area contributed by atoms with Gasteiger partial charge in [-0.1, -0.05) is 46.7 Å². The Morgan fingerprint density at radius 2 is 1.45 bits per heavy atom. The summed E-state index contributed by atoms with van der Waals surface area (Å²) in [5, 5.41) is 0.924. The average molecular weight is 543 g/mol. The van der Waals surface area contributed by atoms with E-state index in [9.17, 15) is 26.3 Å². The average Bonchev–Trinajstić information content (AvgIpc) is 2.69. The highest BCUT2D eigenvalue weighted by Gasteiger charge is 2.37. The summed E-state index contributed by atoms with van der Waals surface area (Å²) in [6.45, 7) is 18.6. The maximum Gasteiger partial charge on any atom is 0.416 e. The third kappa shape index (κ3) is 12.5. The number of ether oxygens (including phenoxy) is 1. The normalized spacial score (nSPS) is 14.5. The van der Waals surface area contributed by atoms with Crippen LogP contribution in [0.5, 0.6) is 0 Å². The van der Waals surface area contributed by atoms with Gasteiger partial charge in [0, 0.05) is 5.33 Å². The van der Waals surface area contributed by atoms with E-state index in [0.29, 0.717) is 18.6 Å². The van der Waals surface area contributed by atoms with E-state index in [1.165, 1.54) is 12.5 Å². The number of halogens is 7. The lowest BCUT2D eigenvalue weighted by Crippen LogP contribution is -2.24. The molecular formula is C25H33BrF6O. The van der Waals surface area contributed by atoms with Gasteiger partial charge in [0.1, 0.15) is 0 Å². The molecule has 0 aliphatic rings. The van der Waals surface area contributed by atoms with Gasteiger partial charge in [0.05, 0.1) is 23.8 Å². The second kappa shape index (κ2) is 13.4. The molecule has 0 heterocycles. The predicted octanol–water partition coefficient (Wildman–Crippen LogP) is 9.70. The van der Waals surface area contributed by atoms with Gasteiger partial charge in [-0.3, -0.25) is 0 Å². The molecule has 2 atom stereocenters. The highest BCUT2D eigenvalue weighted by Crippen LogP contribution is 2.38. The van der Waals surface area contributed by atoms with Crippen molar-refractivity contribution in [1.29, 1.82) is 0 Å². The molecule has 1 rings (SSSR count). The highest BCUT2D eigenvalue weighted by atomic mass is 79.9. The molecule has 188 valence electrons. The van der Waals surface area contributed by atoms with Gasteiger partial charge in [0.25, 0.3) is 0 Å². The van der Waals surface area contributed by atoms with Crippen LogP contribution in [0.25, 0.3) is 0 Å². The summed E-state index contributed by atoms with van der Waals surface area (Å²) in [6.07, 6.45) is -6.91. The van der Waals surface area contributed by atoms with Crippen LogP contribution in [0.3, 0.4) is 0 Å². The smallest absolute Gasteiger partial charge is 0.373 e. The summed E-state index contributed by atoms with van der Waals surface area (Å²) in [5.41, 5.74) is -1.04. The Bertz CT molecular complexity index is 765. The van der Waals surface area contributed by atoms with Crippen molar-refractivity contribution in [3.8, 4) is 0 Å². The number of alkyl halides is 7. The van der Waals surface area contributed by atoms with E-state index >= 15 is 0 Å². The van der Waals surface area contributed by atoms with Crippen LogP contribution in [-0.2, 0) is 17.1 Å². The molecule has 0 spiro atoms. The fourth-order valence-corrected chi connectivity index (χ4v) is 2.73. The lowest BCUT2D eigenvalue weighted by molar-refractivity contribution is -0.143. The van der Waals surface area contributed by atoms with Crippen LogP contribution in [0.4, 0.5) is 26.3 Å². The number of benzene rings is 1. The van der Waals surface area contributed by atoms with Crippen molar-refractivity contribution in [2.45, 2.75) is 65.4 Å². The topological polar surface area (TPSA) is 9.23 Å². The molecule has 1 nitrogen and oxygen atoms in total. The van der Waals surface area contributed by atoms with Crippen molar-refractivity contribution in [3.05, 3.63) is 71.8 Å². The first-order valence-electron chi connectivity index (χ1n) is 10.3. The minimum atomic E-state index is -4.88. The first kappa shape index (κ1) is 31.5. The Morgan fingerprint density at radius 3 is 1.79 bits per heavy atom. The SMILES string of the molecule is C=C(C)CBr.C=CC[C@@](C)(CCC(=C)C)CO[C@H](C)c1cc(C(F)(F)F)cc(C(F)(F)F)c1. The monoisotopic (exact) mass is 542 g/mol. The zero-order chi connectivity index (χ0) is 26.0. The van der Waals surface area contributed by atoms with E-state index in [0.717, 1.165) is 23.7 Å². The van der Waals surface area contributed by atoms with Gasteiger partial charge in [0.2, 0.25) is 0 Å². The molecule has 0 saturated carbocycles. The molecule has 0 radical (unpaired) electrons. The van der Waals surface area contributed by atoms with Gasteiger partial charge in [-0.15, -0.1) is 13.2 Å². The maximum absolute atomic E-state index is 13.0. The van der Waals surface area contributed by atoms with Crippen molar-refractivity contribution in [3.63, 3.8) is 0 Å². The van der Waals surface area contributed by atoms with E-state index in [4.69, 9.17) is 4.74 Å². The molecule has 33 heavy (non-hydrogen) atoms. The molecule has 0 saturated heterocycles. The van der Waals surface area contributed by atoms with Crippen LogP contribution in [-0.4, -0.2) is 11.9 Å². The highest BCUT2D eigenvalue weighted by molar-refractivity contribution is 9.09. The Morgan fingerprint density at radius 1 is 1.00 bits per heavy atom. The summed E-state index contributed by atoms with van der Waals surface area (Å²) in [6, 6.07) is 1.53. The van der Waals surface area contributed by atoms with Crippen molar-refractivity contribution in [1.82, 2.24) is 0 Å². The van der Waals surface area contributed by atoms with Crippen molar-refractivity contribution < 1.29 is 31.1 Å². The van der Waals surface area contributed by atoms with Gasteiger partial charge >= 0.3 is 12.4 Å². The van der Waals surface area contributed by atoms with E-state index in [-0.39, 0.29) is 23.7 Å². The van der Waals surface area contributed by atoms with Crippen molar-refractivity contribution in [2.24, 2.45) is 5.41 Å². The third-order valence-corrected chi connectivity index (χ3v) is 5.74. The van der Waals surface area contributed by atoms with Crippen LogP contribution in [0.1, 0.15) is 69.8 Å². The van der Waals surface area contributed by atoms with Crippen LogP contribution < -0.4 is 0 Å². The van der Waals surface area contributed by atoms with E-state index in [1.807, 2.05) is 20.8 Å². The van der Waals surface area contributed by atoms with E-state index in [1.54, 1.807) is 6.08 Å². The van der Waals surface area contributed by atoms with E-state index in [2.05, 4.69) is 35.7 Å². The van der Waals surface area contributed by atoms with Crippen LogP contribution in [0.2, 0.25) is 0 Å². The molecule has 0 aliphatic heterocycles. The third-order valence-electron chi connectivity index (χ3n) is 4.78. The second-order valence-corrected chi connectivity index (χ2v) is 9.20. The number of allylic oxidation sites excluding steroid dienone is 3. The molecule has 0 unspecified atom stereocenters. The van der Waals surface area contributed by atoms with Gasteiger partial charge in [-0.2, -0.15) is 26.3 Å². The molecule has 0 fully saturated rings. The van der Waals surface area contributed by atoms with Crippen molar-refractivity contribution in [2.75, 3.05) is 11.9 Å². The minimum Gasteiger partial charge on any atom is -0.373 e. The Kier molecular flexibility index (Phi) is 12.7. The molecule has 8 heteroatoms. The molecular weight excluding hydrogens is 510 g/mol. The van der Waals surface area contributed by atoms with Crippen molar-refractivity contribution >= 4 is 15.9 Å². The molecule has 0 aromatic heterocycles. The molecule has 0 bridgehead atoms. The first-order valence-corrected chi connectivity index (χ1v) is 11.4. The lowest BCUT2D eigenvalue weighted by Gasteiger charge is -2.30. The van der Waals surface area contributed by atoms with E-state index < -0.39 is 29.6 Å². The number of hydrogen-bond acceptors (Lipinski definition) is 1. The summed E-state index contributed by atoms with van der Waals surface area (Å²) >= 11 is 3.21. The largest absolute Gasteiger partial charge is 0.416 e. The maximum atomic E-state index is 13.0. The van der Waals surface area contributed by atoms with Crippen LogP contribution in [0, 0.1) is 5.41 Å². The van der Waals surface area contributed by atoms with Crippen LogP contribution in [0.15, 0.2) is 55.2 Å². The molecule has 0 N–H and O–H groups in total. The Balaban J connectivity index is 0.00000184. The summed E-state index contributed by atoms with van der Waals surface area (Å²) in [4.78, 5) is 0. The minimum absolute atomic E-state index is 0.116. The molecule has 0 amide bonds.